The number of aromatic nitrogens is 1. The summed E-state index contributed by atoms with van der Waals surface area (Å²) in [6.45, 7) is 0. The predicted molar refractivity (Wildman–Crippen MR) is 89.0 cm³/mol. The average molecular weight is 340 g/mol. The maximum Gasteiger partial charge on any atom is 0.143 e. The lowest BCUT2D eigenvalue weighted by atomic mass is 10.1. The van der Waals surface area contributed by atoms with Crippen LogP contribution in [0.1, 0.15) is 10.6 Å². The molecule has 2 aromatic carbocycles. The summed E-state index contributed by atoms with van der Waals surface area (Å²) >= 11 is 1.03. The summed E-state index contributed by atoms with van der Waals surface area (Å²) in [7, 11) is 0. The minimum atomic E-state index is -0.735. The number of benzene rings is 2. The molecule has 0 bridgehead atoms. The Hall–Kier alpha value is -3.04. The van der Waals surface area contributed by atoms with Gasteiger partial charge in [-0.25, -0.2) is 13.8 Å². The first-order chi connectivity index (χ1) is 11.6. The third-order valence-corrected chi connectivity index (χ3v) is 4.19. The molecule has 0 spiro atoms. The number of hydrogen-bond donors (Lipinski definition) is 1. The molecule has 0 atom stereocenters. The van der Waals surface area contributed by atoms with Crippen molar-refractivity contribution < 1.29 is 13.9 Å². The molecule has 6 heteroatoms. The van der Waals surface area contributed by atoms with Crippen LogP contribution >= 0.6 is 11.3 Å². The number of allylic oxidation sites excluding steroid dienone is 1. The zero-order valence-electron chi connectivity index (χ0n) is 12.2. The van der Waals surface area contributed by atoms with Gasteiger partial charge in [0.15, 0.2) is 0 Å². The van der Waals surface area contributed by atoms with Crippen molar-refractivity contribution in [1.29, 1.82) is 5.26 Å². The molecule has 0 aliphatic carbocycles. The highest BCUT2D eigenvalue weighted by atomic mass is 32.1. The largest absolute Gasteiger partial charge is 0.506 e. The maximum atomic E-state index is 13.9. The summed E-state index contributed by atoms with van der Waals surface area (Å²) in [4.78, 5) is 4.12. The standard InChI is InChI=1S/C18H10F2N2OS/c19-13-7-4-8-14(20)16(13)15-10-24-18(22-15)12(9-21)17(23)11-5-2-1-3-6-11/h1-8,10,23H/b17-12+. The Balaban J connectivity index is 2.08. The fourth-order valence-electron chi connectivity index (χ4n) is 2.19. The smallest absolute Gasteiger partial charge is 0.143 e. The van der Waals surface area contributed by atoms with Gasteiger partial charge in [-0.05, 0) is 12.1 Å². The second-order valence-corrected chi connectivity index (χ2v) is 5.69. The van der Waals surface area contributed by atoms with Crippen LogP contribution in [-0.2, 0) is 0 Å². The van der Waals surface area contributed by atoms with Crippen LogP contribution in [0.3, 0.4) is 0 Å². The molecule has 24 heavy (non-hydrogen) atoms. The van der Waals surface area contributed by atoms with Crippen LogP contribution < -0.4 is 0 Å². The number of hydrogen-bond acceptors (Lipinski definition) is 4. The Labute approximate surface area is 140 Å². The van der Waals surface area contributed by atoms with E-state index >= 15 is 0 Å². The molecule has 0 fully saturated rings. The van der Waals surface area contributed by atoms with Crippen LogP contribution in [-0.4, -0.2) is 10.1 Å². The highest BCUT2D eigenvalue weighted by Crippen LogP contribution is 2.32. The average Bonchev–Trinajstić information content (AvgIpc) is 3.05. The zero-order valence-corrected chi connectivity index (χ0v) is 13.0. The third kappa shape index (κ3) is 2.90. The number of nitriles is 1. The van der Waals surface area contributed by atoms with Gasteiger partial charge in [0.25, 0.3) is 0 Å². The van der Waals surface area contributed by atoms with Crippen molar-refractivity contribution in [2.24, 2.45) is 0 Å². The van der Waals surface area contributed by atoms with Crippen molar-refractivity contribution in [3.05, 3.63) is 76.1 Å². The Morgan fingerprint density at radius 1 is 1.04 bits per heavy atom. The first-order valence-electron chi connectivity index (χ1n) is 6.91. The van der Waals surface area contributed by atoms with Crippen molar-refractivity contribution in [3.63, 3.8) is 0 Å². The van der Waals surface area contributed by atoms with Gasteiger partial charge in [-0.1, -0.05) is 36.4 Å². The van der Waals surface area contributed by atoms with E-state index in [9.17, 15) is 19.1 Å². The highest BCUT2D eigenvalue weighted by Gasteiger charge is 2.18. The van der Waals surface area contributed by atoms with Crippen LogP contribution in [0, 0.1) is 23.0 Å². The van der Waals surface area contributed by atoms with E-state index in [0.29, 0.717) is 5.56 Å². The van der Waals surface area contributed by atoms with Crippen molar-refractivity contribution in [2.45, 2.75) is 0 Å². The second kappa shape index (κ2) is 6.60. The van der Waals surface area contributed by atoms with E-state index in [-0.39, 0.29) is 27.6 Å². The fourth-order valence-corrected chi connectivity index (χ4v) is 2.99. The molecule has 118 valence electrons. The lowest BCUT2D eigenvalue weighted by Gasteiger charge is -2.02. The van der Waals surface area contributed by atoms with Gasteiger partial charge in [0, 0.05) is 10.9 Å². The predicted octanol–water partition coefficient (Wildman–Crippen LogP) is 5.04. The molecule has 3 nitrogen and oxygen atoms in total. The molecule has 0 saturated heterocycles. The number of nitrogens with zero attached hydrogens (tertiary/aromatic N) is 2. The van der Waals surface area contributed by atoms with E-state index in [1.54, 1.807) is 30.3 Å². The Morgan fingerprint density at radius 3 is 2.33 bits per heavy atom. The van der Waals surface area contributed by atoms with Crippen LogP contribution in [0.2, 0.25) is 0 Å². The zero-order chi connectivity index (χ0) is 17.1. The lowest BCUT2D eigenvalue weighted by molar-refractivity contribution is 0.514. The molecule has 3 rings (SSSR count). The quantitative estimate of drug-likeness (QED) is 0.537. The molecule has 1 aromatic heterocycles. The Morgan fingerprint density at radius 2 is 1.71 bits per heavy atom. The molecule has 1 N–H and O–H groups in total. The summed E-state index contributed by atoms with van der Waals surface area (Å²) < 4.78 is 27.7. The van der Waals surface area contributed by atoms with Gasteiger partial charge in [-0.3, -0.25) is 0 Å². The van der Waals surface area contributed by atoms with Gasteiger partial charge < -0.3 is 5.11 Å². The van der Waals surface area contributed by atoms with E-state index in [1.165, 1.54) is 11.4 Å². The van der Waals surface area contributed by atoms with E-state index in [2.05, 4.69) is 4.98 Å². The molecule has 0 unspecified atom stereocenters. The fraction of sp³-hybridized carbons (Fsp3) is 0. The molecule has 0 radical (unpaired) electrons. The minimum Gasteiger partial charge on any atom is -0.506 e. The lowest BCUT2D eigenvalue weighted by Crippen LogP contribution is -1.92. The van der Waals surface area contributed by atoms with Crippen molar-refractivity contribution in [1.82, 2.24) is 4.98 Å². The summed E-state index contributed by atoms with van der Waals surface area (Å²) in [6, 6.07) is 14.0. The topological polar surface area (TPSA) is 56.9 Å². The molecule has 3 aromatic rings. The molecule has 0 amide bonds. The molecule has 0 aliphatic rings. The Kier molecular flexibility index (Phi) is 4.36. The summed E-state index contributed by atoms with van der Waals surface area (Å²) in [6.07, 6.45) is 0. The van der Waals surface area contributed by atoms with E-state index in [1.807, 2.05) is 6.07 Å². The van der Waals surface area contributed by atoms with E-state index in [0.717, 1.165) is 23.5 Å². The third-order valence-electron chi connectivity index (χ3n) is 3.33. The number of rotatable bonds is 3. The molecular formula is C18H10F2N2OS. The Bertz CT molecular complexity index is 938. The number of aliphatic hydroxyl groups excluding tert-OH is 1. The molecular weight excluding hydrogens is 330 g/mol. The van der Waals surface area contributed by atoms with Gasteiger partial charge in [0.2, 0.25) is 0 Å². The van der Waals surface area contributed by atoms with E-state index in [4.69, 9.17) is 0 Å². The van der Waals surface area contributed by atoms with Gasteiger partial charge >= 0.3 is 0 Å². The second-order valence-electron chi connectivity index (χ2n) is 4.84. The van der Waals surface area contributed by atoms with Crippen molar-refractivity contribution in [2.75, 3.05) is 0 Å². The first-order valence-corrected chi connectivity index (χ1v) is 7.79. The maximum absolute atomic E-state index is 13.9. The van der Waals surface area contributed by atoms with Gasteiger partial charge in [0.1, 0.15) is 34.0 Å². The number of halogens is 2. The van der Waals surface area contributed by atoms with E-state index < -0.39 is 11.6 Å². The molecule has 0 saturated carbocycles. The SMILES string of the molecule is N#C/C(=C(\O)c1ccccc1)c1nc(-c2c(F)cccc2F)cs1. The first kappa shape index (κ1) is 15.8. The summed E-state index contributed by atoms with van der Waals surface area (Å²) in [5, 5.41) is 21.3. The van der Waals surface area contributed by atoms with Crippen LogP contribution in [0.4, 0.5) is 8.78 Å². The van der Waals surface area contributed by atoms with Gasteiger partial charge in [0.05, 0.1) is 11.3 Å². The molecule has 0 aliphatic heterocycles. The van der Waals surface area contributed by atoms with Gasteiger partial charge in [-0.15, -0.1) is 11.3 Å². The normalized spacial score (nSPS) is 11.7. The minimum absolute atomic E-state index is 0.0470. The van der Waals surface area contributed by atoms with Gasteiger partial charge in [-0.2, -0.15) is 5.26 Å². The van der Waals surface area contributed by atoms with Crippen LogP contribution in [0.5, 0.6) is 0 Å². The summed E-state index contributed by atoms with van der Waals surface area (Å²) in [5.41, 5.74) is 0.243. The summed E-state index contributed by atoms with van der Waals surface area (Å²) in [5.74, 6) is -1.70. The highest BCUT2D eigenvalue weighted by molar-refractivity contribution is 7.11. The van der Waals surface area contributed by atoms with Crippen molar-refractivity contribution >= 4 is 22.7 Å². The number of aliphatic hydroxyl groups is 1. The monoisotopic (exact) mass is 340 g/mol. The van der Waals surface area contributed by atoms with Crippen LogP contribution in [0.25, 0.3) is 22.6 Å². The van der Waals surface area contributed by atoms with Crippen LogP contribution in [0.15, 0.2) is 53.9 Å². The number of thiazole rings is 1. The van der Waals surface area contributed by atoms with Crippen molar-refractivity contribution in [3.8, 4) is 17.3 Å². The molecule has 1 heterocycles.